The Morgan fingerprint density at radius 2 is 2.06 bits per heavy atom. The minimum atomic E-state index is 1.09. The Labute approximate surface area is 102 Å². The highest BCUT2D eigenvalue weighted by Gasteiger charge is 2.20. The van der Waals surface area contributed by atoms with Crippen LogP contribution in [0.1, 0.15) is 41.8 Å². The molecule has 0 atom stereocenters. The van der Waals surface area contributed by atoms with Gasteiger partial charge in [0.05, 0.1) is 5.69 Å². The smallest absolute Gasteiger partial charge is 0.0711 e. The number of nitrogens with zero attached hydrogens (tertiary/aromatic N) is 1. The molecule has 0 fully saturated rings. The van der Waals surface area contributed by atoms with E-state index in [0.29, 0.717) is 0 Å². The van der Waals surface area contributed by atoms with Crippen LogP contribution in [0.4, 0.5) is 0 Å². The zero-order valence-electron chi connectivity index (χ0n) is 9.87. The highest BCUT2D eigenvalue weighted by Crippen LogP contribution is 2.36. The van der Waals surface area contributed by atoms with Crippen molar-refractivity contribution in [1.82, 2.24) is 4.98 Å². The summed E-state index contributed by atoms with van der Waals surface area (Å²) >= 11 is 0. The summed E-state index contributed by atoms with van der Waals surface area (Å²) in [5.74, 6) is 0. The molecule has 1 heteroatoms. The van der Waals surface area contributed by atoms with Crippen molar-refractivity contribution < 1.29 is 0 Å². The standard InChI is InChI=1S/C16H15N/c1-2-7-15-13(5-1)10-14-12-6-3-4-11(8-12)9-16(14)17-15/h3-4,6,9-10H,1-2,5,7-8H2. The Bertz CT molecular complexity index is 588. The van der Waals surface area contributed by atoms with E-state index in [-0.39, 0.29) is 0 Å². The lowest BCUT2D eigenvalue weighted by Crippen LogP contribution is -2.10. The second-order valence-electron chi connectivity index (χ2n) is 5.18. The largest absolute Gasteiger partial charge is 0.253 e. The van der Waals surface area contributed by atoms with Crippen molar-refractivity contribution >= 4 is 11.6 Å². The summed E-state index contributed by atoms with van der Waals surface area (Å²) < 4.78 is 0. The minimum Gasteiger partial charge on any atom is -0.253 e. The van der Waals surface area contributed by atoms with Crippen LogP contribution in [0.5, 0.6) is 0 Å². The van der Waals surface area contributed by atoms with Crippen LogP contribution in [0, 0.1) is 0 Å². The summed E-state index contributed by atoms with van der Waals surface area (Å²) in [6, 6.07) is 2.40. The van der Waals surface area contributed by atoms with Crippen molar-refractivity contribution in [3.8, 4) is 0 Å². The van der Waals surface area contributed by atoms with E-state index in [1.165, 1.54) is 59.3 Å². The van der Waals surface area contributed by atoms with Crippen LogP contribution in [-0.2, 0) is 12.8 Å². The fourth-order valence-corrected chi connectivity index (χ4v) is 3.10. The van der Waals surface area contributed by atoms with Gasteiger partial charge in [0.2, 0.25) is 0 Å². The fourth-order valence-electron chi connectivity index (χ4n) is 3.10. The van der Waals surface area contributed by atoms with Crippen LogP contribution in [0.15, 0.2) is 29.9 Å². The van der Waals surface area contributed by atoms with Gasteiger partial charge in [0.1, 0.15) is 0 Å². The summed E-state index contributed by atoms with van der Waals surface area (Å²) in [5.41, 5.74) is 8.25. The fraction of sp³-hybridized carbons (Fsp3) is 0.312. The first kappa shape index (κ1) is 9.41. The van der Waals surface area contributed by atoms with Gasteiger partial charge in [-0.1, -0.05) is 18.2 Å². The van der Waals surface area contributed by atoms with Crippen molar-refractivity contribution in [2.45, 2.75) is 32.1 Å². The molecule has 0 N–H and O–H groups in total. The molecule has 1 nitrogen and oxygen atoms in total. The van der Waals surface area contributed by atoms with Crippen molar-refractivity contribution in [3.63, 3.8) is 0 Å². The zero-order chi connectivity index (χ0) is 11.2. The van der Waals surface area contributed by atoms with E-state index in [2.05, 4.69) is 30.4 Å². The summed E-state index contributed by atoms with van der Waals surface area (Å²) in [5, 5.41) is 0. The van der Waals surface area contributed by atoms with E-state index in [9.17, 15) is 0 Å². The first-order valence-electron chi connectivity index (χ1n) is 6.51. The molecular formula is C16H15N. The van der Waals surface area contributed by atoms with Crippen LogP contribution in [0.3, 0.4) is 0 Å². The van der Waals surface area contributed by atoms with Crippen molar-refractivity contribution in [1.29, 1.82) is 0 Å². The average molecular weight is 221 g/mol. The van der Waals surface area contributed by atoms with E-state index in [1.807, 2.05) is 0 Å². The molecule has 0 saturated carbocycles. The van der Waals surface area contributed by atoms with Gasteiger partial charge in [-0.25, -0.2) is 0 Å². The van der Waals surface area contributed by atoms with Gasteiger partial charge >= 0.3 is 0 Å². The molecule has 0 spiro atoms. The molecule has 3 aliphatic carbocycles. The monoisotopic (exact) mass is 221 g/mol. The maximum absolute atomic E-state index is 4.89. The number of aromatic nitrogens is 1. The van der Waals surface area contributed by atoms with Crippen molar-refractivity contribution in [3.05, 3.63) is 52.4 Å². The number of hydrogen-bond acceptors (Lipinski definition) is 1. The number of rotatable bonds is 0. The van der Waals surface area contributed by atoms with Gasteiger partial charge in [-0.15, -0.1) is 0 Å². The Kier molecular flexibility index (Phi) is 1.90. The molecule has 0 radical (unpaired) electrons. The molecule has 0 saturated heterocycles. The molecule has 84 valence electrons. The maximum Gasteiger partial charge on any atom is 0.0711 e. The number of fused-ring (bicyclic) bond motifs is 5. The van der Waals surface area contributed by atoms with E-state index in [1.54, 1.807) is 0 Å². The van der Waals surface area contributed by atoms with Gasteiger partial charge in [0, 0.05) is 11.3 Å². The van der Waals surface area contributed by atoms with Crippen LogP contribution >= 0.6 is 0 Å². The summed E-state index contributed by atoms with van der Waals surface area (Å²) in [4.78, 5) is 4.89. The molecule has 0 aliphatic heterocycles. The highest BCUT2D eigenvalue weighted by atomic mass is 14.7. The third kappa shape index (κ3) is 1.42. The summed E-state index contributed by atoms with van der Waals surface area (Å²) in [6.07, 6.45) is 15.0. The maximum atomic E-state index is 4.89. The van der Waals surface area contributed by atoms with Crippen LogP contribution in [0.25, 0.3) is 11.6 Å². The van der Waals surface area contributed by atoms with Crippen LogP contribution < -0.4 is 0 Å². The molecule has 2 bridgehead atoms. The van der Waals surface area contributed by atoms with Gasteiger partial charge in [0.25, 0.3) is 0 Å². The quantitative estimate of drug-likeness (QED) is 0.651. The lowest BCUT2D eigenvalue weighted by molar-refractivity contribution is 0.666. The van der Waals surface area contributed by atoms with Gasteiger partial charge < -0.3 is 0 Å². The molecule has 0 amide bonds. The molecule has 1 aromatic rings. The lowest BCUT2D eigenvalue weighted by Gasteiger charge is -2.23. The van der Waals surface area contributed by atoms with Crippen molar-refractivity contribution in [2.75, 3.05) is 0 Å². The van der Waals surface area contributed by atoms with Gasteiger partial charge in [0.15, 0.2) is 0 Å². The third-order valence-corrected chi connectivity index (χ3v) is 4.00. The van der Waals surface area contributed by atoms with Gasteiger partial charge in [-0.3, -0.25) is 4.98 Å². The Hall–Kier alpha value is -1.63. The average Bonchev–Trinajstić information content (AvgIpc) is 2.37. The first-order valence-corrected chi connectivity index (χ1v) is 6.51. The number of aryl methyl sites for hydroxylation is 2. The second-order valence-corrected chi connectivity index (χ2v) is 5.18. The number of hydrogen-bond donors (Lipinski definition) is 0. The van der Waals surface area contributed by atoms with E-state index < -0.39 is 0 Å². The highest BCUT2D eigenvalue weighted by molar-refractivity contribution is 5.83. The Morgan fingerprint density at radius 3 is 3.06 bits per heavy atom. The molecule has 4 rings (SSSR count). The van der Waals surface area contributed by atoms with E-state index in [4.69, 9.17) is 4.98 Å². The lowest BCUT2D eigenvalue weighted by atomic mass is 9.84. The Balaban J connectivity index is 1.95. The van der Waals surface area contributed by atoms with Gasteiger partial charge in [-0.2, -0.15) is 0 Å². The molecule has 3 aliphatic rings. The molecule has 0 unspecified atom stereocenters. The first-order chi connectivity index (χ1) is 8.40. The minimum absolute atomic E-state index is 1.09. The predicted octanol–water partition coefficient (Wildman–Crippen LogP) is 3.70. The summed E-state index contributed by atoms with van der Waals surface area (Å²) in [7, 11) is 0. The zero-order valence-corrected chi connectivity index (χ0v) is 9.87. The Morgan fingerprint density at radius 1 is 1.12 bits per heavy atom. The summed E-state index contributed by atoms with van der Waals surface area (Å²) in [6.45, 7) is 0. The molecule has 17 heavy (non-hydrogen) atoms. The molecule has 0 aromatic carbocycles. The van der Waals surface area contributed by atoms with Crippen LogP contribution in [-0.4, -0.2) is 4.98 Å². The number of pyridine rings is 1. The molecular weight excluding hydrogens is 206 g/mol. The predicted molar refractivity (Wildman–Crippen MR) is 70.6 cm³/mol. The van der Waals surface area contributed by atoms with Crippen LogP contribution in [0.2, 0.25) is 0 Å². The topological polar surface area (TPSA) is 12.9 Å². The third-order valence-electron chi connectivity index (χ3n) is 4.00. The number of allylic oxidation sites excluding steroid dienone is 5. The molecule has 1 heterocycles. The second kappa shape index (κ2) is 3.43. The molecule has 1 aromatic heterocycles. The van der Waals surface area contributed by atoms with E-state index >= 15 is 0 Å². The van der Waals surface area contributed by atoms with Gasteiger partial charge in [-0.05, 0) is 61.0 Å². The van der Waals surface area contributed by atoms with E-state index in [0.717, 1.165) is 6.42 Å². The SMILES string of the molecule is C1=CC2=Cc3nc4c(cc3C(=C1)C2)CCCC4. The van der Waals surface area contributed by atoms with Crippen molar-refractivity contribution in [2.24, 2.45) is 0 Å². The normalized spacial score (nSPS) is 20.2.